The molecule has 0 saturated carbocycles. The minimum atomic E-state index is -1.67. The highest BCUT2D eigenvalue weighted by Gasteiger charge is 2.71. The van der Waals surface area contributed by atoms with Gasteiger partial charge in [-0.3, -0.25) is 14.4 Å². The van der Waals surface area contributed by atoms with Crippen LogP contribution in [0.15, 0.2) is 97.1 Å². The fourth-order valence-electron chi connectivity index (χ4n) is 7.14. The van der Waals surface area contributed by atoms with Gasteiger partial charge in [0.05, 0.1) is 20.3 Å². The molecule has 208 valence electrons. The van der Waals surface area contributed by atoms with E-state index in [1.165, 1.54) is 26.4 Å². The average molecular weight is 560 g/mol. The predicted octanol–water partition coefficient (Wildman–Crippen LogP) is 6.16. The molecule has 1 spiro atoms. The van der Waals surface area contributed by atoms with Crippen LogP contribution in [0.25, 0.3) is 6.08 Å². The van der Waals surface area contributed by atoms with E-state index in [9.17, 15) is 18.8 Å². The van der Waals surface area contributed by atoms with E-state index >= 15 is 0 Å². The summed E-state index contributed by atoms with van der Waals surface area (Å²) in [6.07, 6.45) is 3.52. The largest absolute Gasteiger partial charge is 0.493 e. The predicted molar refractivity (Wildman–Crippen MR) is 156 cm³/mol. The molecule has 6 nitrogen and oxygen atoms in total. The van der Waals surface area contributed by atoms with Crippen LogP contribution in [0.2, 0.25) is 0 Å². The van der Waals surface area contributed by atoms with E-state index < -0.39 is 29.2 Å². The molecule has 3 atom stereocenters. The number of carbonyl (C=O) groups excluding carboxylic acids is 3. The summed E-state index contributed by atoms with van der Waals surface area (Å²) < 4.78 is 25.5. The van der Waals surface area contributed by atoms with Crippen LogP contribution < -0.4 is 14.4 Å². The topological polar surface area (TPSA) is 72.9 Å². The summed E-state index contributed by atoms with van der Waals surface area (Å²) in [6, 6.07) is 23.5. The lowest BCUT2D eigenvalue weighted by Gasteiger charge is -2.37. The number of halogens is 1. The number of benzene rings is 4. The van der Waals surface area contributed by atoms with Crippen LogP contribution in [0.3, 0.4) is 0 Å². The Bertz CT molecular complexity index is 1780. The molecule has 4 aromatic rings. The molecule has 0 N–H and O–H groups in total. The number of nitrogens with zero attached hydrogens (tertiary/aromatic N) is 1. The molecule has 2 heterocycles. The van der Waals surface area contributed by atoms with E-state index in [-0.39, 0.29) is 17.3 Å². The maximum atomic E-state index is 14.7. The summed E-state index contributed by atoms with van der Waals surface area (Å²) in [5.41, 5.74) is 1.17. The number of Topliss-reactive ketones (excluding diaryl/α,β-unsaturated/α-hetero) is 3. The Labute approximate surface area is 242 Å². The van der Waals surface area contributed by atoms with Crippen molar-refractivity contribution >= 4 is 29.1 Å². The minimum absolute atomic E-state index is 0.251. The second-order valence-corrected chi connectivity index (χ2v) is 10.8. The van der Waals surface area contributed by atoms with Gasteiger partial charge in [-0.25, -0.2) is 4.39 Å². The Morgan fingerprint density at radius 2 is 1.48 bits per heavy atom. The summed E-state index contributed by atoms with van der Waals surface area (Å²) >= 11 is 0. The molecule has 2 aliphatic heterocycles. The lowest BCUT2D eigenvalue weighted by atomic mass is 9.64. The van der Waals surface area contributed by atoms with Crippen LogP contribution in [0.5, 0.6) is 11.5 Å². The first-order valence-corrected chi connectivity index (χ1v) is 13.7. The highest BCUT2D eigenvalue weighted by molar-refractivity contribution is 6.32. The Kier molecular flexibility index (Phi) is 5.87. The van der Waals surface area contributed by atoms with Gasteiger partial charge in [0.25, 0.3) is 0 Å². The highest BCUT2D eigenvalue weighted by Crippen LogP contribution is 2.61. The van der Waals surface area contributed by atoms with E-state index in [1.807, 2.05) is 11.0 Å². The number of anilines is 1. The standard InChI is InChI=1S/C35H26FNO5/c1-41-27-16-12-22(19-28(27)42-2)30-31(32(38)20-8-4-3-5-9-20)37-26-15-14-23(36)18-21(26)13-17-29(37)35(30)33(39)24-10-6-7-11-25(24)34(35)40/h3-19,29-31H,1-2H3/t29-,30+,31-/m1/s1. The molecule has 0 aromatic heterocycles. The normalized spacial score (nSPS) is 21.2. The van der Waals surface area contributed by atoms with E-state index in [0.29, 0.717) is 45.0 Å². The average Bonchev–Trinajstić information content (AvgIpc) is 3.46. The van der Waals surface area contributed by atoms with Crippen LogP contribution in [0.4, 0.5) is 10.1 Å². The molecule has 7 heteroatoms. The zero-order valence-corrected chi connectivity index (χ0v) is 22.9. The Hall–Kier alpha value is -5.04. The summed E-state index contributed by atoms with van der Waals surface area (Å²) in [5, 5.41) is 0. The van der Waals surface area contributed by atoms with Crippen LogP contribution in [0, 0.1) is 11.2 Å². The number of carbonyl (C=O) groups is 3. The van der Waals surface area contributed by atoms with Crippen LogP contribution in [-0.4, -0.2) is 43.7 Å². The van der Waals surface area contributed by atoms with Gasteiger partial charge in [0, 0.05) is 33.9 Å². The van der Waals surface area contributed by atoms with Crippen LogP contribution in [0.1, 0.15) is 48.1 Å². The van der Waals surface area contributed by atoms with E-state index in [4.69, 9.17) is 9.47 Å². The molecular weight excluding hydrogens is 533 g/mol. The molecular formula is C35H26FNO5. The van der Waals surface area contributed by atoms with Crippen molar-refractivity contribution in [3.63, 3.8) is 0 Å². The monoisotopic (exact) mass is 559 g/mol. The number of ketones is 3. The van der Waals surface area contributed by atoms with Gasteiger partial charge in [-0.1, -0.05) is 72.8 Å². The molecule has 7 rings (SSSR count). The van der Waals surface area contributed by atoms with Gasteiger partial charge in [-0.15, -0.1) is 0 Å². The molecule has 1 aliphatic carbocycles. The van der Waals surface area contributed by atoms with E-state index in [2.05, 4.69) is 0 Å². The smallest absolute Gasteiger partial charge is 0.185 e. The fraction of sp³-hybridized carbons (Fsp3) is 0.171. The summed E-state index contributed by atoms with van der Waals surface area (Å²) in [7, 11) is 3.04. The lowest BCUT2D eigenvalue weighted by molar-refractivity contribution is 0.0665. The number of rotatable bonds is 5. The number of hydrogen-bond donors (Lipinski definition) is 0. The van der Waals surface area contributed by atoms with Gasteiger partial charge in [-0.05, 0) is 35.9 Å². The first kappa shape index (κ1) is 25.9. The SMILES string of the molecule is COc1ccc([C@H]2[C@H](C(=O)c3ccccc3)N3c4ccc(F)cc4C=C[C@@H]3C23C(=O)c2ccccc2C3=O)cc1OC. The van der Waals surface area contributed by atoms with Gasteiger partial charge >= 0.3 is 0 Å². The van der Waals surface area contributed by atoms with Crippen molar-refractivity contribution in [2.45, 2.75) is 18.0 Å². The molecule has 0 radical (unpaired) electrons. The van der Waals surface area contributed by atoms with Crippen molar-refractivity contribution < 1.29 is 28.2 Å². The first-order chi connectivity index (χ1) is 20.4. The molecule has 42 heavy (non-hydrogen) atoms. The molecule has 4 aromatic carbocycles. The van der Waals surface area contributed by atoms with Gasteiger partial charge in [0.1, 0.15) is 17.3 Å². The highest BCUT2D eigenvalue weighted by atomic mass is 19.1. The fourth-order valence-corrected chi connectivity index (χ4v) is 7.14. The minimum Gasteiger partial charge on any atom is -0.493 e. The van der Waals surface area contributed by atoms with Gasteiger partial charge in [-0.2, -0.15) is 0 Å². The third-order valence-electron chi connectivity index (χ3n) is 8.86. The zero-order chi connectivity index (χ0) is 29.2. The number of fused-ring (bicyclic) bond motifs is 5. The molecule has 0 unspecified atom stereocenters. The van der Waals surface area contributed by atoms with Crippen molar-refractivity contribution in [3.8, 4) is 11.5 Å². The van der Waals surface area contributed by atoms with E-state index in [0.717, 1.165) is 0 Å². The van der Waals surface area contributed by atoms with Crippen LogP contribution >= 0.6 is 0 Å². The molecule has 1 fully saturated rings. The second kappa shape index (κ2) is 9.52. The van der Waals surface area contributed by atoms with Crippen molar-refractivity contribution in [2.75, 3.05) is 19.1 Å². The third kappa shape index (κ3) is 3.40. The van der Waals surface area contributed by atoms with Crippen molar-refractivity contribution in [1.82, 2.24) is 0 Å². The van der Waals surface area contributed by atoms with Crippen molar-refractivity contribution in [2.24, 2.45) is 5.41 Å². The summed E-state index contributed by atoms with van der Waals surface area (Å²) in [5.74, 6) is -1.37. The summed E-state index contributed by atoms with van der Waals surface area (Å²) in [6.45, 7) is 0. The Balaban J connectivity index is 1.56. The molecule has 3 aliphatic rings. The molecule has 1 saturated heterocycles. The third-order valence-corrected chi connectivity index (χ3v) is 8.86. The molecule has 0 amide bonds. The lowest BCUT2D eigenvalue weighted by Crippen LogP contribution is -2.48. The quantitative estimate of drug-likeness (QED) is 0.216. The van der Waals surface area contributed by atoms with Crippen molar-refractivity contribution in [3.05, 3.63) is 131 Å². The Morgan fingerprint density at radius 3 is 2.14 bits per heavy atom. The molecule has 0 bridgehead atoms. The van der Waals surface area contributed by atoms with Gasteiger partial charge in [0.15, 0.2) is 28.8 Å². The maximum absolute atomic E-state index is 14.7. The van der Waals surface area contributed by atoms with Crippen molar-refractivity contribution in [1.29, 1.82) is 0 Å². The number of hydrogen-bond acceptors (Lipinski definition) is 6. The summed E-state index contributed by atoms with van der Waals surface area (Å²) in [4.78, 5) is 45.9. The second-order valence-electron chi connectivity index (χ2n) is 10.8. The van der Waals surface area contributed by atoms with Crippen LogP contribution in [-0.2, 0) is 0 Å². The zero-order valence-electron chi connectivity index (χ0n) is 22.9. The maximum Gasteiger partial charge on any atom is 0.185 e. The van der Waals surface area contributed by atoms with Gasteiger partial charge in [0.2, 0.25) is 0 Å². The van der Waals surface area contributed by atoms with Gasteiger partial charge < -0.3 is 14.4 Å². The van der Waals surface area contributed by atoms with E-state index in [1.54, 1.807) is 84.9 Å². The number of ether oxygens (including phenoxy) is 2. The first-order valence-electron chi connectivity index (χ1n) is 13.7. The number of methoxy groups -OCH3 is 2. The Morgan fingerprint density at radius 1 is 0.810 bits per heavy atom.